The predicted molar refractivity (Wildman–Crippen MR) is 111 cm³/mol. The fraction of sp³-hybridized carbons (Fsp3) is 0.450. The zero-order valence-corrected chi connectivity index (χ0v) is 17.3. The average Bonchev–Trinajstić information content (AvgIpc) is 3.30. The summed E-state index contributed by atoms with van der Waals surface area (Å²) in [4.78, 5) is 23.2. The molecule has 4 heterocycles. The summed E-state index contributed by atoms with van der Waals surface area (Å²) in [6, 6.07) is 4.28. The zero-order chi connectivity index (χ0) is 19.7. The summed E-state index contributed by atoms with van der Waals surface area (Å²) >= 11 is 1.80. The minimum Gasteiger partial charge on any atom is -0.462 e. The van der Waals surface area contributed by atoms with E-state index in [1.807, 2.05) is 20.9 Å². The Balaban J connectivity index is 1.65. The third kappa shape index (κ3) is 3.49. The molecule has 28 heavy (non-hydrogen) atoms. The molecule has 0 amide bonds. The maximum atomic E-state index is 12.6. The molecule has 0 spiro atoms. The van der Waals surface area contributed by atoms with Gasteiger partial charge in [-0.2, -0.15) is 5.10 Å². The number of carbonyl (C=O) groups is 1. The van der Waals surface area contributed by atoms with Crippen molar-refractivity contribution in [2.75, 3.05) is 37.7 Å². The molecule has 7 nitrogen and oxygen atoms in total. The van der Waals surface area contributed by atoms with E-state index in [1.165, 1.54) is 4.88 Å². The Bertz CT molecular complexity index is 974. The van der Waals surface area contributed by atoms with Crippen LogP contribution in [0.25, 0.3) is 11.0 Å². The molecule has 0 unspecified atom stereocenters. The third-order valence-electron chi connectivity index (χ3n) is 5.14. The van der Waals surface area contributed by atoms with Crippen molar-refractivity contribution in [1.82, 2.24) is 19.7 Å². The van der Waals surface area contributed by atoms with Crippen molar-refractivity contribution in [3.05, 3.63) is 39.8 Å². The van der Waals surface area contributed by atoms with Gasteiger partial charge in [0.05, 0.1) is 23.4 Å². The van der Waals surface area contributed by atoms with Crippen LogP contribution < -0.4 is 4.90 Å². The Labute approximate surface area is 168 Å². The highest BCUT2D eigenvalue weighted by molar-refractivity contribution is 7.09. The number of carbonyl (C=O) groups excluding carboxylic acids is 1. The van der Waals surface area contributed by atoms with Gasteiger partial charge in [0.25, 0.3) is 0 Å². The van der Waals surface area contributed by atoms with Crippen molar-refractivity contribution in [3.63, 3.8) is 0 Å². The topological polar surface area (TPSA) is 63.5 Å². The van der Waals surface area contributed by atoms with E-state index in [-0.39, 0.29) is 5.97 Å². The highest BCUT2D eigenvalue weighted by atomic mass is 32.1. The van der Waals surface area contributed by atoms with Gasteiger partial charge in [0.1, 0.15) is 5.56 Å². The Morgan fingerprint density at radius 2 is 2.07 bits per heavy atom. The van der Waals surface area contributed by atoms with Crippen molar-refractivity contribution in [3.8, 4) is 0 Å². The van der Waals surface area contributed by atoms with Crippen molar-refractivity contribution in [1.29, 1.82) is 0 Å². The van der Waals surface area contributed by atoms with Crippen LogP contribution in [0.2, 0.25) is 0 Å². The molecule has 8 heteroatoms. The number of esters is 1. The lowest BCUT2D eigenvalue weighted by Crippen LogP contribution is -2.46. The number of hydrogen-bond donors (Lipinski definition) is 0. The van der Waals surface area contributed by atoms with Crippen molar-refractivity contribution in [2.24, 2.45) is 7.05 Å². The van der Waals surface area contributed by atoms with E-state index < -0.39 is 0 Å². The Morgan fingerprint density at radius 1 is 1.29 bits per heavy atom. The first-order valence-corrected chi connectivity index (χ1v) is 10.5. The number of thiophene rings is 1. The molecule has 1 aliphatic heterocycles. The third-order valence-corrected chi connectivity index (χ3v) is 6.00. The predicted octanol–water partition coefficient (Wildman–Crippen LogP) is 2.84. The van der Waals surface area contributed by atoms with Gasteiger partial charge in [-0.1, -0.05) is 6.07 Å². The number of ether oxygens (including phenoxy) is 1. The number of piperazine rings is 1. The summed E-state index contributed by atoms with van der Waals surface area (Å²) in [5, 5.41) is 7.59. The van der Waals surface area contributed by atoms with Gasteiger partial charge < -0.3 is 9.64 Å². The van der Waals surface area contributed by atoms with E-state index in [1.54, 1.807) is 22.2 Å². The van der Waals surface area contributed by atoms with E-state index in [2.05, 4.69) is 37.4 Å². The van der Waals surface area contributed by atoms with Gasteiger partial charge in [0, 0.05) is 50.8 Å². The number of fused-ring (bicyclic) bond motifs is 1. The summed E-state index contributed by atoms with van der Waals surface area (Å²) in [6.07, 6.45) is 1.63. The SMILES string of the molecule is CCOC(=O)c1cnc2c(c(C)nn2C)c1N1CCN(Cc2cccs2)CC1. The summed E-state index contributed by atoms with van der Waals surface area (Å²) in [6.45, 7) is 8.71. The fourth-order valence-electron chi connectivity index (χ4n) is 3.83. The van der Waals surface area contributed by atoms with Crippen LogP contribution in [0.5, 0.6) is 0 Å². The molecule has 1 aliphatic rings. The number of anilines is 1. The van der Waals surface area contributed by atoms with Gasteiger partial charge in [0.15, 0.2) is 5.65 Å². The minimum atomic E-state index is -0.323. The second-order valence-electron chi connectivity index (χ2n) is 6.99. The van der Waals surface area contributed by atoms with Crippen LogP contribution in [0.15, 0.2) is 23.7 Å². The van der Waals surface area contributed by atoms with E-state index in [0.717, 1.165) is 55.1 Å². The van der Waals surface area contributed by atoms with E-state index >= 15 is 0 Å². The summed E-state index contributed by atoms with van der Waals surface area (Å²) in [7, 11) is 1.88. The average molecular weight is 400 g/mol. The maximum Gasteiger partial charge on any atom is 0.341 e. The van der Waals surface area contributed by atoms with E-state index in [4.69, 9.17) is 4.74 Å². The Morgan fingerprint density at radius 3 is 2.75 bits per heavy atom. The van der Waals surface area contributed by atoms with Crippen LogP contribution in [0, 0.1) is 6.92 Å². The van der Waals surface area contributed by atoms with Gasteiger partial charge in [-0.15, -0.1) is 11.3 Å². The lowest BCUT2D eigenvalue weighted by atomic mass is 10.1. The second-order valence-corrected chi connectivity index (χ2v) is 8.02. The van der Waals surface area contributed by atoms with Crippen LogP contribution in [0.3, 0.4) is 0 Å². The van der Waals surface area contributed by atoms with Gasteiger partial charge in [-0.05, 0) is 25.3 Å². The number of hydrogen-bond acceptors (Lipinski definition) is 7. The summed E-state index contributed by atoms with van der Waals surface area (Å²) in [5.41, 5.74) is 3.11. The van der Waals surface area contributed by atoms with E-state index in [9.17, 15) is 4.79 Å². The number of rotatable bonds is 5. The highest BCUT2D eigenvalue weighted by Gasteiger charge is 2.27. The molecule has 0 radical (unpaired) electrons. The first kappa shape index (κ1) is 18.9. The van der Waals surface area contributed by atoms with Crippen LogP contribution in [-0.4, -0.2) is 58.4 Å². The summed E-state index contributed by atoms with van der Waals surface area (Å²) < 4.78 is 7.08. The standard InChI is InChI=1S/C20H25N5O2S/c1-4-27-20(26)16-12-21-19-17(14(2)22-23(19)3)18(16)25-9-7-24(8-10-25)13-15-6-5-11-28-15/h5-6,11-12H,4,7-10,13H2,1-3H3. The second kappa shape index (κ2) is 7.89. The molecule has 0 bridgehead atoms. The largest absolute Gasteiger partial charge is 0.462 e. The molecule has 3 aromatic rings. The van der Waals surface area contributed by atoms with Crippen molar-refractivity contribution in [2.45, 2.75) is 20.4 Å². The minimum absolute atomic E-state index is 0.323. The van der Waals surface area contributed by atoms with Crippen LogP contribution in [0.1, 0.15) is 27.9 Å². The van der Waals surface area contributed by atoms with Gasteiger partial charge in [-0.3, -0.25) is 9.58 Å². The smallest absolute Gasteiger partial charge is 0.341 e. The van der Waals surface area contributed by atoms with Crippen molar-refractivity contribution < 1.29 is 9.53 Å². The maximum absolute atomic E-state index is 12.6. The molecular formula is C20H25N5O2S. The first-order valence-electron chi connectivity index (χ1n) is 9.57. The normalized spacial score (nSPS) is 15.3. The molecular weight excluding hydrogens is 374 g/mol. The monoisotopic (exact) mass is 399 g/mol. The molecule has 0 aliphatic carbocycles. The van der Waals surface area contributed by atoms with Gasteiger partial charge in [-0.25, -0.2) is 9.78 Å². The molecule has 4 rings (SSSR count). The molecule has 0 N–H and O–H groups in total. The van der Waals surface area contributed by atoms with Gasteiger partial charge >= 0.3 is 5.97 Å². The van der Waals surface area contributed by atoms with Crippen molar-refractivity contribution >= 4 is 34.0 Å². The number of nitrogens with zero attached hydrogens (tertiary/aromatic N) is 5. The van der Waals surface area contributed by atoms with Crippen LogP contribution >= 0.6 is 11.3 Å². The van der Waals surface area contributed by atoms with Gasteiger partial charge in [0.2, 0.25) is 0 Å². The number of aryl methyl sites for hydroxylation is 2. The zero-order valence-electron chi connectivity index (χ0n) is 16.5. The lowest BCUT2D eigenvalue weighted by molar-refractivity contribution is 0.0526. The summed E-state index contributed by atoms with van der Waals surface area (Å²) in [5.74, 6) is -0.323. The first-order chi connectivity index (χ1) is 13.6. The van der Waals surface area contributed by atoms with E-state index in [0.29, 0.717) is 12.2 Å². The fourth-order valence-corrected chi connectivity index (χ4v) is 4.58. The highest BCUT2D eigenvalue weighted by Crippen LogP contribution is 2.33. The van der Waals surface area contributed by atoms with Crippen LogP contribution in [0.4, 0.5) is 5.69 Å². The Hall–Kier alpha value is -2.45. The molecule has 1 saturated heterocycles. The molecule has 0 aromatic carbocycles. The molecule has 0 atom stereocenters. The number of pyridine rings is 1. The molecule has 3 aromatic heterocycles. The molecule has 1 fully saturated rings. The Kier molecular flexibility index (Phi) is 5.32. The molecule has 148 valence electrons. The van der Waals surface area contributed by atoms with Crippen LogP contribution in [-0.2, 0) is 18.3 Å². The number of aromatic nitrogens is 3. The molecule has 0 saturated carbocycles. The lowest BCUT2D eigenvalue weighted by Gasteiger charge is -2.36. The quantitative estimate of drug-likeness (QED) is 0.615.